The number of amides is 2. The van der Waals surface area contributed by atoms with Crippen molar-refractivity contribution in [2.45, 2.75) is 46.3 Å². The third-order valence-corrected chi connectivity index (χ3v) is 7.40. The molecule has 7 nitrogen and oxygen atoms in total. The fourth-order valence-corrected chi connectivity index (χ4v) is 4.48. The summed E-state index contributed by atoms with van der Waals surface area (Å²) in [5, 5.41) is 3.26. The molecule has 0 spiro atoms. The van der Waals surface area contributed by atoms with Crippen molar-refractivity contribution in [3.05, 3.63) is 63.1 Å². The molecule has 2 rings (SSSR count). The average molecular weight is 559 g/mol. The molecule has 10 heteroatoms. The van der Waals surface area contributed by atoms with E-state index >= 15 is 0 Å². The van der Waals surface area contributed by atoms with Gasteiger partial charge < -0.3 is 10.2 Å². The van der Waals surface area contributed by atoms with Crippen LogP contribution in [0.25, 0.3) is 0 Å². The highest BCUT2D eigenvalue weighted by Crippen LogP contribution is 2.25. The molecular formula is C23H29BrClN3O4S. The second-order valence-electron chi connectivity index (χ2n) is 8.16. The normalized spacial score (nSPS) is 12.4. The number of sulfonamides is 1. The SMILES string of the molecule is Cc1cc(N(CC(=O)N(Cc2ccccc2Cl)C(C)C(=O)NC(C)C)S(C)(=O)=O)ccc1Br. The summed E-state index contributed by atoms with van der Waals surface area (Å²) >= 11 is 9.70. The zero-order valence-corrected chi connectivity index (χ0v) is 22.5. The topological polar surface area (TPSA) is 86.8 Å². The van der Waals surface area contributed by atoms with E-state index in [9.17, 15) is 18.0 Å². The van der Waals surface area contributed by atoms with Crippen molar-refractivity contribution in [3.63, 3.8) is 0 Å². The van der Waals surface area contributed by atoms with Crippen molar-refractivity contribution in [2.24, 2.45) is 0 Å². The summed E-state index contributed by atoms with van der Waals surface area (Å²) < 4.78 is 27.0. The lowest BCUT2D eigenvalue weighted by molar-refractivity contribution is -0.139. The van der Waals surface area contributed by atoms with E-state index < -0.39 is 28.5 Å². The van der Waals surface area contributed by atoms with Crippen LogP contribution >= 0.6 is 27.5 Å². The fourth-order valence-electron chi connectivity index (χ4n) is 3.20. The third-order valence-electron chi connectivity index (χ3n) is 5.01. The van der Waals surface area contributed by atoms with Gasteiger partial charge in [0.15, 0.2) is 0 Å². The second-order valence-corrected chi connectivity index (χ2v) is 11.3. The van der Waals surface area contributed by atoms with E-state index in [0.717, 1.165) is 20.6 Å². The first-order chi connectivity index (χ1) is 15.3. The largest absolute Gasteiger partial charge is 0.352 e. The number of anilines is 1. The maximum absolute atomic E-state index is 13.5. The van der Waals surface area contributed by atoms with Crippen molar-refractivity contribution in [1.82, 2.24) is 10.2 Å². The van der Waals surface area contributed by atoms with Gasteiger partial charge in [-0.05, 0) is 63.1 Å². The van der Waals surface area contributed by atoms with E-state index in [-0.39, 0.29) is 18.5 Å². The second kappa shape index (κ2) is 11.4. The minimum atomic E-state index is -3.78. The predicted molar refractivity (Wildman–Crippen MR) is 136 cm³/mol. The zero-order valence-electron chi connectivity index (χ0n) is 19.3. The van der Waals surface area contributed by atoms with Gasteiger partial charge in [0.05, 0.1) is 11.9 Å². The highest BCUT2D eigenvalue weighted by atomic mass is 79.9. The van der Waals surface area contributed by atoms with Gasteiger partial charge in [-0.15, -0.1) is 0 Å². The Morgan fingerprint density at radius 3 is 2.30 bits per heavy atom. The molecule has 0 fully saturated rings. The first kappa shape index (κ1) is 27.1. The van der Waals surface area contributed by atoms with Crippen LogP contribution in [0.5, 0.6) is 0 Å². The summed E-state index contributed by atoms with van der Waals surface area (Å²) in [4.78, 5) is 27.5. The quantitative estimate of drug-likeness (QED) is 0.502. The number of nitrogens with zero attached hydrogens (tertiary/aromatic N) is 2. The van der Waals surface area contributed by atoms with Gasteiger partial charge in [-0.25, -0.2) is 8.42 Å². The van der Waals surface area contributed by atoms with Crippen LogP contribution in [-0.2, 0) is 26.2 Å². The van der Waals surface area contributed by atoms with Gasteiger partial charge >= 0.3 is 0 Å². The maximum Gasteiger partial charge on any atom is 0.244 e. The minimum absolute atomic E-state index is 0.0577. The van der Waals surface area contributed by atoms with Gasteiger partial charge in [-0.2, -0.15) is 0 Å². The molecule has 0 radical (unpaired) electrons. The summed E-state index contributed by atoms with van der Waals surface area (Å²) in [6.45, 7) is 6.70. The van der Waals surface area contributed by atoms with Crippen LogP contribution in [-0.4, -0.2) is 50.0 Å². The average Bonchev–Trinajstić information content (AvgIpc) is 2.71. The lowest BCUT2D eigenvalue weighted by Gasteiger charge is -2.32. The van der Waals surface area contributed by atoms with E-state index in [4.69, 9.17) is 11.6 Å². The molecule has 2 amide bonds. The molecule has 0 saturated heterocycles. The van der Waals surface area contributed by atoms with Crippen LogP contribution in [0.15, 0.2) is 46.9 Å². The number of hydrogen-bond acceptors (Lipinski definition) is 4. The van der Waals surface area contributed by atoms with Crippen LogP contribution in [0.1, 0.15) is 31.9 Å². The van der Waals surface area contributed by atoms with Gasteiger partial charge in [0.1, 0.15) is 12.6 Å². The minimum Gasteiger partial charge on any atom is -0.352 e. The van der Waals surface area contributed by atoms with Crippen LogP contribution in [0.2, 0.25) is 5.02 Å². The molecule has 0 aliphatic heterocycles. The van der Waals surface area contributed by atoms with E-state index in [1.54, 1.807) is 49.4 Å². The van der Waals surface area contributed by atoms with E-state index in [0.29, 0.717) is 16.3 Å². The van der Waals surface area contributed by atoms with Crippen molar-refractivity contribution in [2.75, 3.05) is 17.1 Å². The van der Waals surface area contributed by atoms with Gasteiger partial charge in [-0.3, -0.25) is 13.9 Å². The third kappa shape index (κ3) is 7.45. The molecule has 0 aliphatic rings. The molecule has 0 aromatic heterocycles. The Bertz CT molecular complexity index is 1120. The van der Waals surface area contributed by atoms with Crippen LogP contribution in [0, 0.1) is 6.92 Å². The predicted octanol–water partition coefficient (Wildman–Crippen LogP) is 4.12. The van der Waals surface area contributed by atoms with Gasteiger partial charge in [0, 0.05) is 22.1 Å². The fraction of sp³-hybridized carbons (Fsp3) is 0.391. The summed E-state index contributed by atoms with van der Waals surface area (Å²) in [6, 6.07) is 11.1. The van der Waals surface area contributed by atoms with Gasteiger partial charge in [0.2, 0.25) is 21.8 Å². The molecule has 0 heterocycles. The Hall–Kier alpha value is -2.10. The smallest absolute Gasteiger partial charge is 0.244 e. The highest BCUT2D eigenvalue weighted by molar-refractivity contribution is 9.10. The number of nitrogens with one attached hydrogen (secondary N) is 1. The van der Waals surface area contributed by atoms with Gasteiger partial charge in [-0.1, -0.05) is 45.7 Å². The van der Waals surface area contributed by atoms with Crippen LogP contribution in [0.4, 0.5) is 5.69 Å². The number of carbonyl (C=O) groups is 2. The van der Waals surface area contributed by atoms with Gasteiger partial charge in [0.25, 0.3) is 0 Å². The number of benzene rings is 2. The van der Waals surface area contributed by atoms with E-state index in [1.807, 2.05) is 20.8 Å². The molecule has 33 heavy (non-hydrogen) atoms. The summed E-state index contributed by atoms with van der Waals surface area (Å²) in [5.74, 6) is -0.858. The Kier molecular flexibility index (Phi) is 9.34. The first-order valence-corrected chi connectivity index (χ1v) is 13.4. The molecule has 1 N–H and O–H groups in total. The number of hydrogen-bond donors (Lipinski definition) is 1. The Balaban J connectivity index is 2.43. The lowest BCUT2D eigenvalue weighted by atomic mass is 10.1. The van der Waals surface area contributed by atoms with E-state index in [2.05, 4.69) is 21.2 Å². The summed E-state index contributed by atoms with van der Waals surface area (Å²) in [7, 11) is -3.78. The molecule has 2 aromatic rings. The lowest BCUT2D eigenvalue weighted by Crippen LogP contribution is -2.52. The molecular weight excluding hydrogens is 530 g/mol. The Morgan fingerprint density at radius 2 is 1.76 bits per heavy atom. The van der Waals surface area contributed by atoms with E-state index in [1.165, 1.54) is 4.90 Å². The number of aryl methyl sites for hydroxylation is 1. The summed E-state index contributed by atoms with van der Waals surface area (Å²) in [6.07, 6.45) is 1.05. The number of carbonyl (C=O) groups excluding carboxylic acids is 2. The molecule has 1 atom stereocenters. The van der Waals surface area contributed by atoms with Crippen LogP contribution in [0.3, 0.4) is 0 Å². The van der Waals surface area contributed by atoms with Crippen molar-refractivity contribution in [1.29, 1.82) is 0 Å². The maximum atomic E-state index is 13.5. The molecule has 0 saturated carbocycles. The van der Waals surface area contributed by atoms with Crippen molar-refractivity contribution < 1.29 is 18.0 Å². The first-order valence-electron chi connectivity index (χ1n) is 10.4. The Morgan fingerprint density at radius 1 is 1.12 bits per heavy atom. The standard InChI is InChI=1S/C23H29BrClN3O4S/c1-15(2)26-23(30)17(4)27(13-18-8-6-7-9-21(18)25)22(29)14-28(33(5,31)32)19-10-11-20(24)16(3)12-19/h6-12,15,17H,13-14H2,1-5H3,(H,26,30). The number of halogens is 2. The monoisotopic (exact) mass is 557 g/mol. The number of rotatable bonds is 9. The molecule has 0 bridgehead atoms. The zero-order chi connectivity index (χ0) is 24.9. The molecule has 180 valence electrons. The molecule has 2 aromatic carbocycles. The Labute approximate surface area is 209 Å². The highest BCUT2D eigenvalue weighted by Gasteiger charge is 2.30. The van der Waals surface area contributed by atoms with Crippen molar-refractivity contribution >= 4 is 55.1 Å². The molecule has 1 unspecified atom stereocenters. The summed E-state index contributed by atoms with van der Waals surface area (Å²) in [5.41, 5.74) is 1.84. The van der Waals surface area contributed by atoms with Crippen LogP contribution < -0.4 is 9.62 Å². The molecule has 0 aliphatic carbocycles. The van der Waals surface area contributed by atoms with Crippen molar-refractivity contribution in [3.8, 4) is 0 Å².